The van der Waals surface area contributed by atoms with Crippen molar-refractivity contribution in [3.63, 3.8) is 0 Å². The Hall–Kier alpha value is 0.210. The second kappa shape index (κ2) is 5.68. The van der Waals surface area contributed by atoms with Gasteiger partial charge in [-0.05, 0) is 51.0 Å². The van der Waals surface area contributed by atoms with Crippen LogP contribution >= 0.6 is 11.6 Å². The predicted octanol–water partition coefficient (Wildman–Crippen LogP) is 3.43. The summed E-state index contributed by atoms with van der Waals surface area (Å²) < 4.78 is 6.41. The van der Waals surface area contributed by atoms with Gasteiger partial charge in [-0.2, -0.15) is 0 Å². The molecule has 104 valence electrons. The summed E-state index contributed by atoms with van der Waals surface area (Å²) >= 11 is 6.00. The molecule has 1 aliphatic carbocycles. The number of hydrogen-bond donors (Lipinski definition) is 0. The number of nitrogens with zero attached hydrogens (tertiary/aromatic N) is 1. The zero-order chi connectivity index (χ0) is 12.4. The van der Waals surface area contributed by atoms with Gasteiger partial charge in [-0.1, -0.05) is 12.8 Å². The molecule has 18 heavy (non-hydrogen) atoms. The first kappa shape index (κ1) is 13.2. The van der Waals surface area contributed by atoms with Gasteiger partial charge in [-0.15, -0.1) is 11.6 Å². The first-order valence-corrected chi connectivity index (χ1v) is 8.29. The smallest absolute Gasteiger partial charge is 0.0710 e. The molecule has 3 heteroatoms. The van der Waals surface area contributed by atoms with Gasteiger partial charge >= 0.3 is 0 Å². The molecule has 0 amide bonds. The number of halogens is 1. The molecular weight excluding hydrogens is 246 g/mol. The monoisotopic (exact) mass is 271 g/mol. The highest BCUT2D eigenvalue weighted by molar-refractivity contribution is 6.18. The van der Waals surface area contributed by atoms with Gasteiger partial charge in [-0.25, -0.2) is 0 Å². The van der Waals surface area contributed by atoms with Crippen molar-refractivity contribution in [1.82, 2.24) is 4.90 Å². The first-order chi connectivity index (χ1) is 8.80. The Morgan fingerprint density at radius 3 is 2.72 bits per heavy atom. The van der Waals surface area contributed by atoms with Crippen molar-refractivity contribution in [2.45, 2.75) is 63.1 Å². The Labute approximate surface area is 116 Å². The van der Waals surface area contributed by atoms with E-state index in [4.69, 9.17) is 16.3 Å². The third kappa shape index (κ3) is 2.86. The number of likely N-dealkylation sites (tertiary alicyclic amines) is 1. The lowest BCUT2D eigenvalue weighted by molar-refractivity contribution is -0.0501. The molecule has 2 nitrogen and oxygen atoms in total. The molecule has 3 rings (SSSR count). The van der Waals surface area contributed by atoms with Crippen LogP contribution in [0.15, 0.2) is 0 Å². The van der Waals surface area contributed by atoms with Gasteiger partial charge in [0.1, 0.15) is 0 Å². The minimum Gasteiger partial charge on any atom is -0.370 e. The topological polar surface area (TPSA) is 12.5 Å². The van der Waals surface area contributed by atoms with Crippen LogP contribution in [0.25, 0.3) is 0 Å². The molecule has 1 saturated carbocycles. The lowest BCUT2D eigenvalue weighted by atomic mass is 9.97. The van der Waals surface area contributed by atoms with Crippen molar-refractivity contribution < 1.29 is 4.74 Å². The quantitative estimate of drug-likeness (QED) is 0.729. The van der Waals surface area contributed by atoms with Crippen LogP contribution in [-0.2, 0) is 4.74 Å². The molecule has 0 aromatic rings. The highest BCUT2D eigenvalue weighted by Crippen LogP contribution is 2.43. The Bertz CT molecular complexity index is 278. The molecule has 0 aromatic heterocycles. The van der Waals surface area contributed by atoms with E-state index in [0.29, 0.717) is 17.6 Å². The molecule has 2 saturated heterocycles. The highest BCUT2D eigenvalue weighted by atomic mass is 35.5. The van der Waals surface area contributed by atoms with E-state index in [1.54, 1.807) is 0 Å². The first-order valence-electron chi connectivity index (χ1n) is 7.76. The maximum absolute atomic E-state index is 6.41. The molecule has 3 fully saturated rings. The molecule has 2 atom stereocenters. The van der Waals surface area contributed by atoms with Gasteiger partial charge in [0.2, 0.25) is 0 Å². The van der Waals surface area contributed by atoms with Gasteiger partial charge < -0.3 is 9.64 Å². The normalized spacial score (nSPS) is 36.5. The molecule has 0 bridgehead atoms. The fourth-order valence-electron chi connectivity index (χ4n) is 4.14. The number of piperidine rings is 1. The minimum atomic E-state index is 0.298. The molecule has 0 aromatic carbocycles. The molecule has 0 radical (unpaired) electrons. The van der Waals surface area contributed by atoms with Crippen molar-refractivity contribution in [2.24, 2.45) is 5.92 Å². The summed E-state index contributed by atoms with van der Waals surface area (Å²) in [5.74, 6) is 1.54. The molecular formula is C15H26ClNO. The maximum atomic E-state index is 6.41. The maximum Gasteiger partial charge on any atom is 0.0710 e. The van der Waals surface area contributed by atoms with Crippen LogP contribution in [0.3, 0.4) is 0 Å². The predicted molar refractivity (Wildman–Crippen MR) is 75.2 cm³/mol. The van der Waals surface area contributed by atoms with Crippen LogP contribution in [0, 0.1) is 5.92 Å². The molecule has 2 unspecified atom stereocenters. The van der Waals surface area contributed by atoms with Gasteiger partial charge in [0.25, 0.3) is 0 Å². The summed E-state index contributed by atoms with van der Waals surface area (Å²) in [7, 11) is 0. The van der Waals surface area contributed by atoms with Crippen LogP contribution in [0.1, 0.15) is 51.4 Å². The van der Waals surface area contributed by atoms with Gasteiger partial charge in [0.05, 0.1) is 11.7 Å². The van der Waals surface area contributed by atoms with E-state index in [0.717, 1.165) is 12.4 Å². The van der Waals surface area contributed by atoms with E-state index >= 15 is 0 Å². The van der Waals surface area contributed by atoms with Crippen molar-refractivity contribution in [1.29, 1.82) is 0 Å². The van der Waals surface area contributed by atoms with Crippen LogP contribution in [0.2, 0.25) is 0 Å². The van der Waals surface area contributed by atoms with Crippen LogP contribution in [-0.4, -0.2) is 42.1 Å². The average molecular weight is 272 g/mol. The zero-order valence-corrected chi connectivity index (χ0v) is 12.1. The third-order valence-electron chi connectivity index (χ3n) is 5.14. The van der Waals surface area contributed by atoms with Crippen molar-refractivity contribution in [3.05, 3.63) is 0 Å². The van der Waals surface area contributed by atoms with Crippen molar-refractivity contribution >= 4 is 11.6 Å². The molecule has 1 spiro atoms. The summed E-state index contributed by atoms with van der Waals surface area (Å²) in [4.78, 5) is 2.59. The molecule has 0 N–H and O–H groups in total. The summed E-state index contributed by atoms with van der Waals surface area (Å²) in [5, 5.41) is 0. The number of ether oxygens (including phenoxy) is 1. The molecule has 3 aliphatic rings. The summed E-state index contributed by atoms with van der Waals surface area (Å²) in [6.07, 6.45) is 11.1. The van der Waals surface area contributed by atoms with E-state index in [-0.39, 0.29) is 0 Å². The van der Waals surface area contributed by atoms with Crippen LogP contribution in [0.4, 0.5) is 0 Å². The van der Waals surface area contributed by atoms with Crippen LogP contribution < -0.4 is 0 Å². The highest BCUT2D eigenvalue weighted by Gasteiger charge is 2.42. The van der Waals surface area contributed by atoms with Gasteiger partial charge in [-0.3, -0.25) is 0 Å². The standard InChI is InChI=1S/C15H26ClNO/c16-10-13-4-3-9-17(11-13)12-14-5-8-15(18-14)6-1-2-7-15/h13-14H,1-12H2. The van der Waals surface area contributed by atoms with E-state index < -0.39 is 0 Å². The molecule has 2 aliphatic heterocycles. The van der Waals surface area contributed by atoms with Gasteiger partial charge in [0, 0.05) is 19.0 Å². The van der Waals surface area contributed by atoms with Crippen LogP contribution in [0.5, 0.6) is 0 Å². The van der Waals surface area contributed by atoms with E-state index in [9.17, 15) is 0 Å². The third-order valence-corrected chi connectivity index (χ3v) is 5.57. The van der Waals surface area contributed by atoms with E-state index in [2.05, 4.69) is 4.90 Å². The van der Waals surface area contributed by atoms with Gasteiger partial charge in [0.15, 0.2) is 0 Å². The fourth-order valence-corrected chi connectivity index (χ4v) is 4.39. The lowest BCUT2D eigenvalue weighted by Crippen LogP contribution is -2.41. The average Bonchev–Trinajstić information content (AvgIpc) is 3.01. The number of rotatable bonds is 3. The lowest BCUT2D eigenvalue weighted by Gasteiger charge is -2.34. The Morgan fingerprint density at radius 2 is 1.94 bits per heavy atom. The van der Waals surface area contributed by atoms with Crippen molar-refractivity contribution in [2.75, 3.05) is 25.5 Å². The van der Waals surface area contributed by atoms with Crippen molar-refractivity contribution in [3.8, 4) is 0 Å². The summed E-state index contributed by atoms with van der Waals surface area (Å²) in [5.41, 5.74) is 0.298. The second-order valence-corrected chi connectivity index (χ2v) is 6.90. The number of alkyl halides is 1. The fraction of sp³-hybridized carbons (Fsp3) is 1.00. The summed E-state index contributed by atoms with van der Waals surface area (Å²) in [6.45, 7) is 3.59. The second-order valence-electron chi connectivity index (χ2n) is 6.59. The molecule has 2 heterocycles. The minimum absolute atomic E-state index is 0.298. The van der Waals surface area contributed by atoms with E-state index in [1.165, 1.54) is 64.5 Å². The number of hydrogen-bond acceptors (Lipinski definition) is 2. The Morgan fingerprint density at radius 1 is 1.11 bits per heavy atom. The largest absolute Gasteiger partial charge is 0.370 e. The Balaban J connectivity index is 1.48. The Kier molecular flexibility index (Phi) is 4.17. The van der Waals surface area contributed by atoms with E-state index in [1.807, 2.05) is 0 Å². The zero-order valence-electron chi connectivity index (χ0n) is 11.4. The SMILES string of the molecule is ClCC1CCCN(CC2CCC3(CCCC3)O2)C1. The summed E-state index contributed by atoms with van der Waals surface area (Å²) in [6, 6.07) is 0.